The van der Waals surface area contributed by atoms with E-state index in [-0.39, 0.29) is 28.4 Å². The number of carbonyl (C=O) groups is 1. The third-order valence-corrected chi connectivity index (χ3v) is 3.78. The van der Waals surface area contributed by atoms with Crippen LogP contribution in [0.2, 0.25) is 0 Å². The van der Waals surface area contributed by atoms with E-state index in [1.165, 1.54) is 30.7 Å². The third kappa shape index (κ3) is 3.54. The minimum Gasteiger partial charge on any atom is -0.313 e. The van der Waals surface area contributed by atoms with Gasteiger partial charge in [0.25, 0.3) is 11.5 Å². The van der Waals surface area contributed by atoms with E-state index in [2.05, 4.69) is 35.5 Å². The van der Waals surface area contributed by atoms with Gasteiger partial charge in [-0.05, 0) is 23.8 Å². The van der Waals surface area contributed by atoms with Crippen molar-refractivity contribution >= 4 is 22.8 Å². The molecule has 1 aromatic carbocycles. The molecule has 134 valence electrons. The summed E-state index contributed by atoms with van der Waals surface area (Å²) in [6.45, 7) is 0. The zero-order chi connectivity index (χ0) is 18.8. The highest BCUT2D eigenvalue weighted by Gasteiger charge is 2.13. The molecule has 4 rings (SSSR count). The lowest BCUT2D eigenvalue weighted by Gasteiger charge is -2.01. The van der Waals surface area contributed by atoms with Gasteiger partial charge in [0.05, 0.1) is 23.4 Å². The summed E-state index contributed by atoms with van der Waals surface area (Å²) in [4.78, 5) is 38.7. The van der Waals surface area contributed by atoms with Crippen LogP contribution < -0.4 is 10.9 Å². The Kier molecular flexibility index (Phi) is 4.13. The number of anilines is 1. The Hall–Kier alpha value is -3.95. The molecule has 0 saturated carbocycles. The fourth-order valence-corrected chi connectivity index (χ4v) is 2.53. The van der Waals surface area contributed by atoms with Crippen LogP contribution in [0.3, 0.4) is 0 Å². The van der Waals surface area contributed by atoms with Crippen LogP contribution in [0, 0.1) is 5.82 Å². The Labute approximate surface area is 150 Å². The molecule has 1 amide bonds. The number of aromatic amines is 2. The molecule has 3 N–H and O–H groups in total. The summed E-state index contributed by atoms with van der Waals surface area (Å²) in [5.74, 6) is -0.403. The summed E-state index contributed by atoms with van der Waals surface area (Å²) in [5.41, 5.74) is 0.752. The molecule has 0 fully saturated rings. The van der Waals surface area contributed by atoms with Gasteiger partial charge < -0.3 is 4.98 Å². The van der Waals surface area contributed by atoms with E-state index >= 15 is 0 Å². The number of amides is 1. The van der Waals surface area contributed by atoms with Crippen molar-refractivity contribution < 1.29 is 9.18 Å². The molecule has 3 aromatic heterocycles. The van der Waals surface area contributed by atoms with Crippen LogP contribution >= 0.6 is 0 Å². The van der Waals surface area contributed by atoms with Crippen molar-refractivity contribution in [3.05, 3.63) is 76.1 Å². The van der Waals surface area contributed by atoms with Gasteiger partial charge in [0.1, 0.15) is 17.3 Å². The highest BCUT2D eigenvalue weighted by Crippen LogP contribution is 2.11. The number of hydrogen-bond donors (Lipinski definition) is 3. The van der Waals surface area contributed by atoms with Gasteiger partial charge in [0.15, 0.2) is 0 Å². The van der Waals surface area contributed by atoms with Gasteiger partial charge in [-0.25, -0.2) is 14.4 Å². The zero-order valence-electron chi connectivity index (χ0n) is 13.7. The van der Waals surface area contributed by atoms with Gasteiger partial charge in [0, 0.05) is 6.42 Å². The predicted molar refractivity (Wildman–Crippen MR) is 93.7 cm³/mol. The molecule has 0 unspecified atom stereocenters. The number of fused-ring (bicyclic) bond motifs is 1. The Balaban J connectivity index is 1.51. The summed E-state index contributed by atoms with van der Waals surface area (Å²) in [6.07, 6.45) is 2.93. The molecule has 0 radical (unpaired) electrons. The maximum Gasteiger partial charge on any atom is 0.276 e. The number of H-pyrrole nitrogens is 2. The number of nitrogens with one attached hydrogen (secondary N) is 3. The molecule has 3 heterocycles. The molecular formula is C17H12FN7O2. The van der Waals surface area contributed by atoms with Gasteiger partial charge >= 0.3 is 0 Å². The SMILES string of the molecule is O=C(Nc1n[nH]c(Cc2cccc(F)c2)n1)c1cc2c(=O)[nH]cnc2cn1. The molecular weight excluding hydrogens is 353 g/mol. The number of pyridine rings is 1. The fourth-order valence-electron chi connectivity index (χ4n) is 2.53. The van der Waals surface area contributed by atoms with E-state index in [0.29, 0.717) is 23.3 Å². The highest BCUT2D eigenvalue weighted by atomic mass is 19.1. The predicted octanol–water partition coefficient (Wildman–Crippen LogP) is 1.42. The Morgan fingerprint density at radius 3 is 2.96 bits per heavy atom. The van der Waals surface area contributed by atoms with Crippen LogP contribution in [0.5, 0.6) is 0 Å². The summed E-state index contributed by atoms with van der Waals surface area (Å²) < 4.78 is 13.2. The molecule has 0 spiro atoms. The number of benzene rings is 1. The van der Waals surface area contributed by atoms with Gasteiger partial charge in [0.2, 0.25) is 5.95 Å². The van der Waals surface area contributed by atoms with Crippen LogP contribution in [0.25, 0.3) is 10.9 Å². The third-order valence-electron chi connectivity index (χ3n) is 3.78. The van der Waals surface area contributed by atoms with E-state index in [1.807, 2.05) is 0 Å². The second-order valence-electron chi connectivity index (χ2n) is 5.68. The number of aromatic nitrogens is 6. The van der Waals surface area contributed by atoms with Crippen molar-refractivity contribution in [2.45, 2.75) is 6.42 Å². The number of rotatable bonds is 4. The maximum absolute atomic E-state index is 13.2. The summed E-state index contributed by atoms with van der Waals surface area (Å²) in [6, 6.07) is 7.45. The van der Waals surface area contributed by atoms with Gasteiger partial charge in [-0.3, -0.25) is 20.0 Å². The van der Waals surface area contributed by atoms with Crippen molar-refractivity contribution in [1.29, 1.82) is 0 Å². The second-order valence-corrected chi connectivity index (χ2v) is 5.68. The fraction of sp³-hybridized carbons (Fsp3) is 0.0588. The van der Waals surface area contributed by atoms with Crippen LogP contribution in [-0.2, 0) is 6.42 Å². The van der Waals surface area contributed by atoms with Crippen LogP contribution in [0.4, 0.5) is 10.3 Å². The van der Waals surface area contributed by atoms with Crippen molar-refractivity contribution in [2.24, 2.45) is 0 Å². The number of hydrogen-bond acceptors (Lipinski definition) is 6. The lowest BCUT2D eigenvalue weighted by atomic mass is 10.1. The Morgan fingerprint density at radius 2 is 2.11 bits per heavy atom. The first kappa shape index (κ1) is 16.5. The minimum absolute atomic E-state index is 0.0254. The Morgan fingerprint density at radius 1 is 1.22 bits per heavy atom. The van der Waals surface area contributed by atoms with E-state index < -0.39 is 5.91 Å². The normalized spacial score (nSPS) is 10.9. The van der Waals surface area contributed by atoms with E-state index in [9.17, 15) is 14.0 Å². The molecule has 0 aliphatic carbocycles. The summed E-state index contributed by atoms with van der Waals surface area (Å²) in [5, 5.41) is 9.34. The quantitative estimate of drug-likeness (QED) is 0.501. The molecule has 0 aliphatic heterocycles. The van der Waals surface area contributed by atoms with Crippen LogP contribution in [0.15, 0.2) is 47.7 Å². The van der Waals surface area contributed by atoms with E-state index in [0.717, 1.165) is 0 Å². The second kappa shape index (κ2) is 6.75. The zero-order valence-corrected chi connectivity index (χ0v) is 13.7. The molecule has 0 aliphatic rings. The topological polar surface area (TPSA) is 129 Å². The molecule has 0 atom stereocenters. The van der Waals surface area contributed by atoms with Crippen LogP contribution in [0.1, 0.15) is 21.9 Å². The monoisotopic (exact) mass is 365 g/mol. The molecule has 0 saturated heterocycles. The first-order valence-electron chi connectivity index (χ1n) is 7.89. The maximum atomic E-state index is 13.2. The first-order valence-corrected chi connectivity index (χ1v) is 7.89. The lowest BCUT2D eigenvalue weighted by molar-refractivity contribution is 0.102. The molecule has 9 nitrogen and oxygen atoms in total. The largest absolute Gasteiger partial charge is 0.313 e. The van der Waals surface area contributed by atoms with Crippen molar-refractivity contribution in [2.75, 3.05) is 5.32 Å². The summed E-state index contributed by atoms with van der Waals surface area (Å²) in [7, 11) is 0. The average Bonchev–Trinajstić information content (AvgIpc) is 3.08. The van der Waals surface area contributed by atoms with Gasteiger partial charge in [-0.15, -0.1) is 5.10 Å². The summed E-state index contributed by atoms with van der Waals surface area (Å²) >= 11 is 0. The number of halogens is 1. The van der Waals surface area contributed by atoms with Crippen molar-refractivity contribution in [1.82, 2.24) is 30.1 Å². The van der Waals surface area contributed by atoms with Gasteiger partial charge in [-0.1, -0.05) is 12.1 Å². The first-order chi connectivity index (χ1) is 13.1. The van der Waals surface area contributed by atoms with Crippen LogP contribution in [-0.4, -0.2) is 36.0 Å². The standard InChI is InChI=1S/C17H12FN7O2/c18-10-3-1-2-9(4-10)5-14-22-17(25-24-14)23-16(27)12-6-11-13(7-19-12)20-8-21-15(11)26/h1-4,6-8H,5H2,(H,20,21,26)(H2,22,23,24,25,27). The lowest BCUT2D eigenvalue weighted by Crippen LogP contribution is -2.16. The van der Waals surface area contributed by atoms with Crippen molar-refractivity contribution in [3.8, 4) is 0 Å². The molecule has 10 heteroatoms. The van der Waals surface area contributed by atoms with E-state index in [4.69, 9.17) is 0 Å². The van der Waals surface area contributed by atoms with E-state index in [1.54, 1.807) is 12.1 Å². The molecule has 0 bridgehead atoms. The van der Waals surface area contributed by atoms with Crippen molar-refractivity contribution in [3.63, 3.8) is 0 Å². The van der Waals surface area contributed by atoms with Gasteiger partial charge in [-0.2, -0.15) is 4.98 Å². The number of nitrogens with zero attached hydrogens (tertiary/aromatic N) is 4. The Bertz CT molecular complexity index is 1200. The smallest absolute Gasteiger partial charge is 0.276 e. The molecule has 27 heavy (non-hydrogen) atoms. The molecule has 4 aromatic rings. The average molecular weight is 365 g/mol. The highest BCUT2D eigenvalue weighted by molar-refractivity contribution is 6.03. The number of carbonyl (C=O) groups excluding carboxylic acids is 1. The minimum atomic E-state index is -0.573.